The molecule has 0 bridgehead atoms. The van der Waals surface area contributed by atoms with E-state index < -0.39 is 0 Å². The van der Waals surface area contributed by atoms with Gasteiger partial charge in [-0.25, -0.2) is 0 Å². The Balaban J connectivity index is 1.96. The molecule has 4 aromatic rings. The van der Waals surface area contributed by atoms with Gasteiger partial charge in [0.05, 0.1) is 0 Å². The molecular weight excluding hydrogens is 456 g/mol. The van der Waals surface area contributed by atoms with Gasteiger partial charge in [0.25, 0.3) is 0 Å². The number of allylic oxidation sites excluding steroid dienone is 4. The van der Waals surface area contributed by atoms with E-state index >= 15 is 0 Å². The van der Waals surface area contributed by atoms with E-state index in [1.165, 1.54) is 71.0 Å². The summed E-state index contributed by atoms with van der Waals surface area (Å²) in [4.78, 5) is 0. The molecule has 0 heteroatoms. The van der Waals surface area contributed by atoms with Crippen LogP contribution in [0.15, 0.2) is 97.1 Å². The summed E-state index contributed by atoms with van der Waals surface area (Å²) in [6, 6.07) is 29.0. The Bertz CT molecular complexity index is 1760. The van der Waals surface area contributed by atoms with Crippen LogP contribution in [0.4, 0.5) is 0 Å². The molecular formula is C38H35. The van der Waals surface area contributed by atoms with Crippen molar-refractivity contribution >= 4 is 17.2 Å². The van der Waals surface area contributed by atoms with Crippen LogP contribution >= 0.6 is 0 Å². The molecule has 187 valence electrons. The van der Waals surface area contributed by atoms with Crippen LogP contribution in [0.25, 0.3) is 17.2 Å². The summed E-state index contributed by atoms with van der Waals surface area (Å²) in [6.45, 7) is 9.29. The summed E-state index contributed by atoms with van der Waals surface area (Å²) >= 11 is 0. The fourth-order valence-electron chi connectivity index (χ4n) is 6.40. The van der Waals surface area contributed by atoms with Crippen molar-refractivity contribution in [3.8, 4) is 0 Å². The van der Waals surface area contributed by atoms with Crippen LogP contribution in [-0.4, -0.2) is 0 Å². The van der Waals surface area contributed by atoms with Crippen molar-refractivity contribution in [1.82, 2.24) is 0 Å². The second-order valence-electron chi connectivity index (χ2n) is 10.7. The summed E-state index contributed by atoms with van der Waals surface area (Å²) in [7, 11) is 0. The van der Waals surface area contributed by atoms with E-state index in [4.69, 9.17) is 0 Å². The Labute approximate surface area is 226 Å². The standard InChI is InChI=1S/C38H35/c1-5-26-21-22-32-30(23-26)24-33-36(29-19-13-14-20-29)31(6-2)34(25(3)4)38(37(32)33)35(27-15-9-7-10-16-27)28-17-11-8-12-18-28/h7-19,21-23,25H,5-6,20H2,1-4H3. The number of rotatable bonds is 6. The van der Waals surface area contributed by atoms with E-state index in [9.17, 15) is 0 Å². The van der Waals surface area contributed by atoms with Gasteiger partial charge in [-0.2, -0.15) is 0 Å². The molecule has 0 N–H and O–H groups in total. The third-order valence-corrected chi connectivity index (χ3v) is 8.07. The summed E-state index contributed by atoms with van der Waals surface area (Å²) < 4.78 is 0. The zero-order chi connectivity index (χ0) is 26.2. The lowest BCUT2D eigenvalue weighted by atomic mass is 9.80. The first kappa shape index (κ1) is 24.4. The summed E-state index contributed by atoms with van der Waals surface area (Å²) in [5, 5.41) is 5.29. The zero-order valence-electron chi connectivity index (χ0n) is 22.9. The molecule has 0 heterocycles. The maximum Gasteiger partial charge on any atom is -0.000709 e. The molecule has 2 aliphatic rings. The quantitative estimate of drug-likeness (QED) is 0.227. The van der Waals surface area contributed by atoms with Gasteiger partial charge in [-0.05, 0) is 102 Å². The van der Waals surface area contributed by atoms with Gasteiger partial charge in [-0.3, -0.25) is 0 Å². The van der Waals surface area contributed by atoms with E-state index in [1.54, 1.807) is 0 Å². The SMILES string of the molecule is CCc1ccc2c(c1)=[C]c1c(C3=CC=CC3)c(CC)c(C(C)C)c(=C(c3ccccc3)c3ccccc3)c1=2. The van der Waals surface area contributed by atoms with E-state index in [1.807, 2.05) is 0 Å². The molecule has 0 spiro atoms. The smallest absolute Gasteiger partial charge is 0.000709 e. The Morgan fingerprint density at radius 1 is 0.842 bits per heavy atom. The highest BCUT2D eigenvalue weighted by molar-refractivity contribution is 5.86. The van der Waals surface area contributed by atoms with Crippen LogP contribution in [0.3, 0.4) is 0 Å². The highest BCUT2D eigenvalue weighted by Crippen LogP contribution is 2.36. The van der Waals surface area contributed by atoms with Crippen LogP contribution in [-0.2, 0) is 12.8 Å². The molecule has 1 radical (unpaired) electrons. The fourth-order valence-corrected chi connectivity index (χ4v) is 6.40. The normalized spacial score (nSPS) is 13.3. The highest BCUT2D eigenvalue weighted by atomic mass is 14.3. The Morgan fingerprint density at radius 2 is 1.53 bits per heavy atom. The molecule has 0 amide bonds. The van der Waals surface area contributed by atoms with Crippen molar-refractivity contribution in [1.29, 1.82) is 0 Å². The van der Waals surface area contributed by atoms with Crippen molar-refractivity contribution in [2.75, 3.05) is 0 Å². The lowest BCUT2D eigenvalue weighted by Gasteiger charge is -2.23. The first-order valence-corrected chi connectivity index (χ1v) is 14.1. The van der Waals surface area contributed by atoms with Crippen molar-refractivity contribution < 1.29 is 0 Å². The summed E-state index contributed by atoms with van der Waals surface area (Å²) in [6.07, 6.45) is 13.8. The van der Waals surface area contributed by atoms with Gasteiger partial charge in [-0.1, -0.05) is 125 Å². The molecule has 0 unspecified atom stereocenters. The Morgan fingerprint density at radius 3 is 2.08 bits per heavy atom. The number of hydrogen-bond donors (Lipinski definition) is 0. The molecule has 0 saturated carbocycles. The predicted octanol–water partition coefficient (Wildman–Crippen LogP) is 7.83. The maximum absolute atomic E-state index is 3.96. The number of hydrogen-bond acceptors (Lipinski definition) is 0. The topological polar surface area (TPSA) is 0 Å². The van der Waals surface area contributed by atoms with Crippen LogP contribution in [0.1, 0.15) is 79.0 Å². The molecule has 0 saturated heterocycles. The van der Waals surface area contributed by atoms with E-state index in [0.717, 1.165) is 19.3 Å². The van der Waals surface area contributed by atoms with Crippen molar-refractivity contribution in [3.05, 3.63) is 157 Å². The second kappa shape index (κ2) is 10.1. The minimum Gasteiger partial charge on any atom is -0.0801 e. The van der Waals surface area contributed by atoms with Crippen LogP contribution < -0.4 is 10.4 Å². The van der Waals surface area contributed by atoms with Crippen molar-refractivity contribution in [2.24, 2.45) is 0 Å². The van der Waals surface area contributed by atoms with E-state index in [2.05, 4.69) is 131 Å². The largest absolute Gasteiger partial charge is 0.0801 e. The van der Waals surface area contributed by atoms with E-state index in [0.29, 0.717) is 5.92 Å². The van der Waals surface area contributed by atoms with Gasteiger partial charge in [0.15, 0.2) is 0 Å². The average Bonchev–Trinajstić information content (AvgIpc) is 3.61. The lowest BCUT2D eigenvalue weighted by Crippen LogP contribution is -2.24. The predicted molar refractivity (Wildman–Crippen MR) is 161 cm³/mol. The zero-order valence-corrected chi connectivity index (χ0v) is 22.9. The highest BCUT2D eigenvalue weighted by Gasteiger charge is 2.25. The average molecular weight is 492 g/mol. The number of fused-ring (bicyclic) bond motifs is 2. The minimum absolute atomic E-state index is 0.375. The molecule has 6 rings (SSSR count). The van der Waals surface area contributed by atoms with Crippen LogP contribution in [0.5, 0.6) is 0 Å². The van der Waals surface area contributed by atoms with Gasteiger partial charge in [0, 0.05) is 0 Å². The lowest BCUT2D eigenvalue weighted by molar-refractivity contribution is 0.830. The maximum atomic E-state index is 3.96. The molecule has 2 aliphatic carbocycles. The van der Waals surface area contributed by atoms with Crippen molar-refractivity contribution in [3.63, 3.8) is 0 Å². The molecule has 0 aliphatic heterocycles. The first-order chi connectivity index (χ1) is 18.6. The van der Waals surface area contributed by atoms with Gasteiger partial charge >= 0.3 is 0 Å². The molecule has 0 fully saturated rings. The van der Waals surface area contributed by atoms with E-state index in [-0.39, 0.29) is 0 Å². The third-order valence-electron chi connectivity index (χ3n) is 8.07. The Hall–Kier alpha value is -3.90. The molecule has 4 aromatic carbocycles. The minimum atomic E-state index is 0.375. The second-order valence-corrected chi connectivity index (χ2v) is 10.7. The third kappa shape index (κ3) is 4.00. The van der Waals surface area contributed by atoms with Crippen LogP contribution in [0, 0.1) is 10.4 Å². The van der Waals surface area contributed by atoms with Gasteiger partial charge in [-0.15, -0.1) is 0 Å². The molecule has 38 heavy (non-hydrogen) atoms. The van der Waals surface area contributed by atoms with Crippen LogP contribution in [0.2, 0.25) is 0 Å². The summed E-state index contributed by atoms with van der Waals surface area (Å²) in [5.41, 5.74) is 12.3. The van der Waals surface area contributed by atoms with Gasteiger partial charge < -0.3 is 0 Å². The molecule has 0 atom stereocenters. The molecule has 0 aromatic heterocycles. The van der Waals surface area contributed by atoms with Gasteiger partial charge in [0.1, 0.15) is 0 Å². The number of aryl methyl sites for hydroxylation is 1. The Kier molecular flexibility index (Phi) is 6.50. The monoisotopic (exact) mass is 491 g/mol. The first-order valence-electron chi connectivity index (χ1n) is 14.1. The fraction of sp³-hybridized carbons (Fsp3) is 0.211. The van der Waals surface area contributed by atoms with Gasteiger partial charge in [0.2, 0.25) is 0 Å². The molecule has 0 nitrogen and oxygen atoms in total. The number of benzene rings is 4. The summed E-state index contributed by atoms with van der Waals surface area (Å²) in [5.74, 6) is 0.375. The van der Waals surface area contributed by atoms with Crippen molar-refractivity contribution in [2.45, 2.75) is 52.9 Å².